The van der Waals surface area contributed by atoms with Crippen molar-refractivity contribution < 1.29 is 4.79 Å². The molecule has 0 radical (unpaired) electrons. The lowest BCUT2D eigenvalue weighted by atomic mass is 10.1. The second-order valence-corrected chi connectivity index (χ2v) is 5.15. The molecule has 0 fully saturated rings. The SMILES string of the molecule is Cc1ccc(CC(=O)N(C)Cc2ccc(N)cc2)cc1. The summed E-state index contributed by atoms with van der Waals surface area (Å²) in [7, 11) is 1.83. The fourth-order valence-corrected chi connectivity index (χ4v) is 2.00. The molecule has 0 aliphatic rings. The minimum absolute atomic E-state index is 0.116. The highest BCUT2D eigenvalue weighted by Crippen LogP contribution is 2.10. The zero-order valence-electron chi connectivity index (χ0n) is 12.0. The summed E-state index contributed by atoms with van der Waals surface area (Å²) in [6, 6.07) is 15.7. The summed E-state index contributed by atoms with van der Waals surface area (Å²) in [6.45, 7) is 2.64. The molecular formula is C17H20N2O. The molecule has 0 spiro atoms. The number of likely N-dealkylation sites (N-methyl/N-ethyl adjacent to an activating group) is 1. The van der Waals surface area contributed by atoms with E-state index in [4.69, 9.17) is 5.73 Å². The molecule has 2 rings (SSSR count). The molecule has 104 valence electrons. The highest BCUT2D eigenvalue weighted by atomic mass is 16.2. The Morgan fingerprint density at radius 3 is 2.15 bits per heavy atom. The number of hydrogen-bond donors (Lipinski definition) is 1. The third kappa shape index (κ3) is 3.85. The van der Waals surface area contributed by atoms with E-state index in [1.165, 1.54) is 5.56 Å². The monoisotopic (exact) mass is 268 g/mol. The summed E-state index contributed by atoms with van der Waals surface area (Å²) >= 11 is 0. The van der Waals surface area contributed by atoms with Gasteiger partial charge < -0.3 is 10.6 Å². The first-order valence-electron chi connectivity index (χ1n) is 6.68. The highest BCUT2D eigenvalue weighted by molar-refractivity contribution is 5.78. The average Bonchev–Trinajstić information content (AvgIpc) is 2.44. The van der Waals surface area contributed by atoms with Gasteiger partial charge in [0.25, 0.3) is 0 Å². The van der Waals surface area contributed by atoms with E-state index in [9.17, 15) is 4.79 Å². The van der Waals surface area contributed by atoms with E-state index in [0.717, 1.165) is 16.8 Å². The molecule has 1 amide bonds. The lowest BCUT2D eigenvalue weighted by Gasteiger charge is -2.17. The minimum Gasteiger partial charge on any atom is -0.399 e. The number of rotatable bonds is 4. The molecule has 0 saturated carbocycles. The van der Waals surface area contributed by atoms with Gasteiger partial charge in [-0.3, -0.25) is 4.79 Å². The minimum atomic E-state index is 0.116. The Hall–Kier alpha value is -2.29. The molecule has 20 heavy (non-hydrogen) atoms. The van der Waals surface area contributed by atoms with Gasteiger partial charge >= 0.3 is 0 Å². The van der Waals surface area contributed by atoms with Crippen molar-refractivity contribution in [2.75, 3.05) is 12.8 Å². The maximum Gasteiger partial charge on any atom is 0.227 e. The van der Waals surface area contributed by atoms with Crippen molar-refractivity contribution in [1.29, 1.82) is 0 Å². The van der Waals surface area contributed by atoms with Gasteiger partial charge in [-0.1, -0.05) is 42.0 Å². The lowest BCUT2D eigenvalue weighted by molar-refractivity contribution is -0.129. The van der Waals surface area contributed by atoms with Crippen LogP contribution in [0.5, 0.6) is 0 Å². The number of amides is 1. The maximum atomic E-state index is 12.2. The number of carbonyl (C=O) groups is 1. The van der Waals surface area contributed by atoms with Crippen LogP contribution in [0.3, 0.4) is 0 Å². The van der Waals surface area contributed by atoms with Gasteiger partial charge in [-0.25, -0.2) is 0 Å². The van der Waals surface area contributed by atoms with Crippen LogP contribution in [0.25, 0.3) is 0 Å². The predicted octanol–water partition coefficient (Wildman–Crippen LogP) is 2.78. The van der Waals surface area contributed by atoms with E-state index in [1.54, 1.807) is 4.90 Å². The van der Waals surface area contributed by atoms with Crippen LogP contribution >= 0.6 is 0 Å². The second kappa shape index (κ2) is 6.24. The molecule has 0 heterocycles. The average molecular weight is 268 g/mol. The Morgan fingerprint density at radius 2 is 1.55 bits per heavy atom. The molecule has 2 aromatic rings. The van der Waals surface area contributed by atoms with E-state index >= 15 is 0 Å². The van der Waals surface area contributed by atoms with Crippen LogP contribution < -0.4 is 5.73 Å². The molecule has 0 atom stereocenters. The van der Waals surface area contributed by atoms with Crippen LogP contribution in [0.4, 0.5) is 5.69 Å². The fourth-order valence-electron chi connectivity index (χ4n) is 2.00. The highest BCUT2D eigenvalue weighted by Gasteiger charge is 2.10. The summed E-state index contributed by atoms with van der Waals surface area (Å²) in [4.78, 5) is 13.9. The zero-order chi connectivity index (χ0) is 14.5. The molecule has 3 nitrogen and oxygen atoms in total. The number of anilines is 1. The Kier molecular flexibility index (Phi) is 4.41. The van der Waals surface area contributed by atoms with Crippen molar-refractivity contribution in [3.8, 4) is 0 Å². The van der Waals surface area contributed by atoms with Crippen molar-refractivity contribution in [3.05, 3.63) is 65.2 Å². The van der Waals surface area contributed by atoms with Gasteiger partial charge in [0, 0.05) is 19.3 Å². The van der Waals surface area contributed by atoms with Gasteiger partial charge in [0.1, 0.15) is 0 Å². The summed E-state index contributed by atoms with van der Waals surface area (Å²) in [5.74, 6) is 0.116. The number of nitrogens with two attached hydrogens (primary N) is 1. The van der Waals surface area contributed by atoms with Crippen LogP contribution in [-0.2, 0) is 17.8 Å². The smallest absolute Gasteiger partial charge is 0.227 e. The van der Waals surface area contributed by atoms with Crippen LogP contribution in [0.1, 0.15) is 16.7 Å². The predicted molar refractivity (Wildman–Crippen MR) is 82.2 cm³/mol. The van der Waals surface area contributed by atoms with Crippen LogP contribution in [0.2, 0.25) is 0 Å². The summed E-state index contributed by atoms with van der Waals surface area (Å²) < 4.78 is 0. The Labute approximate surface area is 120 Å². The summed E-state index contributed by atoms with van der Waals surface area (Å²) in [6.07, 6.45) is 0.436. The zero-order valence-corrected chi connectivity index (χ0v) is 12.0. The number of hydrogen-bond acceptors (Lipinski definition) is 2. The topological polar surface area (TPSA) is 46.3 Å². The number of nitrogen functional groups attached to an aromatic ring is 1. The maximum absolute atomic E-state index is 12.2. The summed E-state index contributed by atoms with van der Waals surface area (Å²) in [5.41, 5.74) is 9.72. The first-order valence-corrected chi connectivity index (χ1v) is 6.68. The first kappa shape index (κ1) is 14.1. The van der Waals surface area contributed by atoms with E-state index in [2.05, 4.69) is 0 Å². The van der Waals surface area contributed by atoms with Crippen molar-refractivity contribution in [3.63, 3.8) is 0 Å². The molecule has 0 unspecified atom stereocenters. The third-order valence-corrected chi connectivity index (χ3v) is 3.30. The number of nitrogens with zero attached hydrogens (tertiary/aromatic N) is 1. The van der Waals surface area contributed by atoms with E-state index in [1.807, 2.05) is 62.5 Å². The molecule has 0 saturated heterocycles. The van der Waals surface area contributed by atoms with E-state index in [0.29, 0.717) is 13.0 Å². The van der Waals surface area contributed by atoms with Gasteiger partial charge in [0.2, 0.25) is 5.91 Å². The van der Waals surface area contributed by atoms with E-state index < -0.39 is 0 Å². The molecular weight excluding hydrogens is 248 g/mol. The second-order valence-electron chi connectivity index (χ2n) is 5.15. The molecule has 0 bridgehead atoms. The van der Waals surface area contributed by atoms with Gasteiger partial charge in [-0.2, -0.15) is 0 Å². The van der Waals surface area contributed by atoms with Crippen LogP contribution in [0, 0.1) is 6.92 Å². The molecule has 2 N–H and O–H groups in total. The van der Waals surface area contributed by atoms with Crippen molar-refractivity contribution >= 4 is 11.6 Å². The largest absolute Gasteiger partial charge is 0.399 e. The Balaban J connectivity index is 1.94. The Bertz CT molecular complexity index is 573. The normalized spacial score (nSPS) is 10.3. The third-order valence-electron chi connectivity index (χ3n) is 3.30. The van der Waals surface area contributed by atoms with Gasteiger partial charge in [-0.05, 0) is 30.2 Å². The Morgan fingerprint density at radius 1 is 1.00 bits per heavy atom. The van der Waals surface area contributed by atoms with Crippen LogP contribution in [0.15, 0.2) is 48.5 Å². The summed E-state index contributed by atoms with van der Waals surface area (Å²) in [5, 5.41) is 0. The molecule has 0 aliphatic heterocycles. The number of carbonyl (C=O) groups excluding carboxylic acids is 1. The van der Waals surface area contributed by atoms with Crippen molar-refractivity contribution in [2.45, 2.75) is 19.9 Å². The molecule has 3 heteroatoms. The van der Waals surface area contributed by atoms with Crippen molar-refractivity contribution in [1.82, 2.24) is 4.90 Å². The lowest BCUT2D eigenvalue weighted by Crippen LogP contribution is -2.27. The fraction of sp³-hybridized carbons (Fsp3) is 0.235. The van der Waals surface area contributed by atoms with Gasteiger partial charge in [0.15, 0.2) is 0 Å². The molecule has 2 aromatic carbocycles. The quantitative estimate of drug-likeness (QED) is 0.867. The number of aryl methyl sites for hydroxylation is 1. The standard InChI is InChI=1S/C17H20N2O/c1-13-3-5-14(6-4-13)11-17(20)19(2)12-15-7-9-16(18)10-8-15/h3-10H,11-12,18H2,1-2H3. The number of benzene rings is 2. The van der Waals surface area contributed by atoms with Gasteiger partial charge in [-0.15, -0.1) is 0 Å². The van der Waals surface area contributed by atoms with Crippen LogP contribution in [-0.4, -0.2) is 17.9 Å². The van der Waals surface area contributed by atoms with Gasteiger partial charge in [0.05, 0.1) is 6.42 Å². The molecule has 0 aromatic heterocycles. The van der Waals surface area contributed by atoms with E-state index in [-0.39, 0.29) is 5.91 Å². The first-order chi connectivity index (χ1) is 9.54. The molecule has 0 aliphatic carbocycles. The van der Waals surface area contributed by atoms with Crippen molar-refractivity contribution in [2.24, 2.45) is 0 Å².